The molecule has 0 bridgehead atoms. The highest BCUT2D eigenvalue weighted by Crippen LogP contribution is 2.36. The summed E-state index contributed by atoms with van der Waals surface area (Å²) < 4.78 is 22.1. The van der Waals surface area contributed by atoms with Crippen LogP contribution < -0.4 is 10.3 Å². The summed E-state index contributed by atoms with van der Waals surface area (Å²) in [5.41, 5.74) is -0.122. The van der Waals surface area contributed by atoms with Crippen LogP contribution in [0.15, 0.2) is 12.4 Å². The molecule has 0 aromatic carbocycles. The quantitative estimate of drug-likeness (QED) is 0.587. The molecule has 7 heteroatoms. The third kappa shape index (κ3) is 3.11. The summed E-state index contributed by atoms with van der Waals surface area (Å²) in [4.78, 5) is 8.48. The number of nitrogens with zero attached hydrogens (tertiary/aromatic N) is 2. The van der Waals surface area contributed by atoms with Gasteiger partial charge in [0.1, 0.15) is 6.61 Å². The van der Waals surface area contributed by atoms with Gasteiger partial charge in [-0.25, -0.2) is 4.98 Å². The second kappa shape index (κ2) is 5.67. The summed E-state index contributed by atoms with van der Waals surface area (Å²) in [5.74, 6) is 0.460. The minimum atomic E-state index is -0.500. The summed E-state index contributed by atoms with van der Waals surface area (Å²) in [6.07, 6.45) is 3.18. The molecule has 0 amide bonds. The Labute approximate surface area is 119 Å². The predicted octanol–water partition coefficient (Wildman–Crippen LogP) is 0.801. The lowest BCUT2D eigenvalue weighted by Gasteiger charge is -2.32. The van der Waals surface area contributed by atoms with Gasteiger partial charge in [0.05, 0.1) is 29.6 Å². The predicted molar refractivity (Wildman–Crippen MR) is 75.1 cm³/mol. The van der Waals surface area contributed by atoms with Gasteiger partial charge in [-0.1, -0.05) is 0 Å². The van der Waals surface area contributed by atoms with Crippen molar-refractivity contribution in [2.45, 2.75) is 38.9 Å². The number of methoxy groups -OCH3 is 1. The van der Waals surface area contributed by atoms with Crippen LogP contribution >= 0.6 is 0 Å². The molecule has 1 aromatic rings. The molecular formula is C13H21BN2O4. The molecule has 0 spiro atoms. The van der Waals surface area contributed by atoms with Gasteiger partial charge in [-0.05, 0) is 27.7 Å². The zero-order valence-corrected chi connectivity index (χ0v) is 12.7. The van der Waals surface area contributed by atoms with Crippen LogP contribution in [0.2, 0.25) is 0 Å². The Hall–Kier alpha value is -1.18. The van der Waals surface area contributed by atoms with E-state index in [9.17, 15) is 0 Å². The smallest absolute Gasteiger partial charge is 0.474 e. The van der Waals surface area contributed by atoms with E-state index in [1.807, 2.05) is 27.7 Å². The van der Waals surface area contributed by atoms with E-state index in [1.54, 1.807) is 19.5 Å². The summed E-state index contributed by atoms with van der Waals surface area (Å²) in [7, 11) is 1.12. The Balaban J connectivity index is 2.01. The van der Waals surface area contributed by atoms with E-state index < -0.39 is 7.12 Å². The molecule has 1 fully saturated rings. The van der Waals surface area contributed by atoms with E-state index in [1.165, 1.54) is 0 Å². The van der Waals surface area contributed by atoms with Gasteiger partial charge in [0.2, 0.25) is 5.88 Å². The van der Waals surface area contributed by atoms with E-state index in [-0.39, 0.29) is 11.2 Å². The highest BCUT2D eigenvalue weighted by molar-refractivity contribution is 6.61. The van der Waals surface area contributed by atoms with Gasteiger partial charge in [0.15, 0.2) is 0 Å². The molecule has 1 aliphatic rings. The molecule has 0 atom stereocenters. The highest BCUT2D eigenvalue weighted by atomic mass is 16.7. The maximum atomic E-state index is 5.90. The minimum Gasteiger partial charge on any atom is -0.474 e. The number of hydrogen-bond donors (Lipinski definition) is 0. The van der Waals surface area contributed by atoms with Crippen molar-refractivity contribution in [1.29, 1.82) is 0 Å². The van der Waals surface area contributed by atoms with Crippen molar-refractivity contribution in [3.8, 4) is 5.88 Å². The van der Waals surface area contributed by atoms with Crippen LogP contribution in [-0.2, 0) is 14.0 Å². The topological polar surface area (TPSA) is 62.7 Å². The van der Waals surface area contributed by atoms with Crippen molar-refractivity contribution in [3.63, 3.8) is 0 Å². The first-order chi connectivity index (χ1) is 9.36. The Bertz CT molecular complexity index is 434. The van der Waals surface area contributed by atoms with Crippen molar-refractivity contribution >= 4 is 12.7 Å². The molecule has 20 heavy (non-hydrogen) atoms. The second-order valence-electron chi connectivity index (χ2n) is 5.71. The van der Waals surface area contributed by atoms with E-state index in [0.717, 1.165) is 0 Å². The molecule has 110 valence electrons. The van der Waals surface area contributed by atoms with E-state index >= 15 is 0 Å². The first-order valence-corrected chi connectivity index (χ1v) is 6.65. The first-order valence-electron chi connectivity index (χ1n) is 6.65. The lowest BCUT2D eigenvalue weighted by molar-refractivity contribution is 0.00578. The van der Waals surface area contributed by atoms with Gasteiger partial charge in [-0.3, -0.25) is 4.98 Å². The number of aromatic nitrogens is 2. The summed E-state index contributed by atoms with van der Waals surface area (Å²) in [6, 6.07) is 0. The van der Waals surface area contributed by atoms with Gasteiger partial charge in [0, 0.05) is 13.3 Å². The average Bonchev–Trinajstić information content (AvgIpc) is 2.60. The maximum absolute atomic E-state index is 5.90. The molecule has 1 aliphatic heterocycles. The molecule has 0 unspecified atom stereocenters. The lowest BCUT2D eigenvalue weighted by atomic mass is 9.85. The summed E-state index contributed by atoms with van der Waals surface area (Å²) in [6.45, 7) is 8.97. The molecule has 0 saturated carbocycles. The number of ether oxygens (including phenoxy) is 2. The minimum absolute atomic E-state index is 0.382. The van der Waals surface area contributed by atoms with Gasteiger partial charge < -0.3 is 18.8 Å². The fourth-order valence-corrected chi connectivity index (χ4v) is 1.72. The van der Waals surface area contributed by atoms with Crippen LogP contribution in [0.5, 0.6) is 5.88 Å². The standard InChI is InChI=1S/C13H21BN2O4/c1-12(2)13(3,4)20-14(19-12)10-8-16-11(9-15-10)18-7-6-17-5/h8-9H,6-7H2,1-5H3. The SMILES string of the molecule is COCCOc1cnc(B2OC(C)(C)C(C)(C)O2)cn1. The zero-order valence-electron chi connectivity index (χ0n) is 12.7. The Kier molecular flexibility index (Phi) is 4.32. The van der Waals surface area contributed by atoms with Gasteiger partial charge in [-0.2, -0.15) is 0 Å². The van der Waals surface area contributed by atoms with E-state index in [0.29, 0.717) is 24.7 Å². The monoisotopic (exact) mass is 280 g/mol. The fraction of sp³-hybridized carbons (Fsp3) is 0.692. The van der Waals surface area contributed by atoms with Crippen LogP contribution in [0.25, 0.3) is 0 Å². The average molecular weight is 280 g/mol. The van der Waals surface area contributed by atoms with Crippen LogP contribution in [0.4, 0.5) is 0 Å². The molecule has 0 N–H and O–H groups in total. The highest BCUT2D eigenvalue weighted by Gasteiger charge is 2.52. The van der Waals surface area contributed by atoms with Gasteiger partial charge in [-0.15, -0.1) is 0 Å². The lowest BCUT2D eigenvalue weighted by Crippen LogP contribution is -2.41. The third-order valence-corrected chi connectivity index (χ3v) is 3.68. The normalized spacial score (nSPS) is 20.1. The van der Waals surface area contributed by atoms with Crippen molar-refractivity contribution in [1.82, 2.24) is 9.97 Å². The number of rotatable bonds is 5. The molecule has 2 heterocycles. The van der Waals surface area contributed by atoms with Gasteiger partial charge >= 0.3 is 7.12 Å². The Morgan fingerprint density at radius 1 is 1.05 bits per heavy atom. The largest absolute Gasteiger partial charge is 0.516 e. The van der Waals surface area contributed by atoms with Crippen molar-refractivity contribution in [3.05, 3.63) is 12.4 Å². The molecule has 1 aromatic heterocycles. The van der Waals surface area contributed by atoms with Crippen LogP contribution in [-0.4, -0.2) is 48.6 Å². The molecule has 2 rings (SSSR count). The fourth-order valence-electron chi connectivity index (χ4n) is 1.72. The second-order valence-corrected chi connectivity index (χ2v) is 5.71. The van der Waals surface area contributed by atoms with Gasteiger partial charge in [0.25, 0.3) is 0 Å². The van der Waals surface area contributed by atoms with E-state index in [4.69, 9.17) is 18.8 Å². The third-order valence-electron chi connectivity index (χ3n) is 3.68. The Morgan fingerprint density at radius 3 is 2.20 bits per heavy atom. The van der Waals surface area contributed by atoms with Crippen LogP contribution in [0.3, 0.4) is 0 Å². The number of hydrogen-bond acceptors (Lipinski definition) is 6. The Morgan fingerprint density at radius 2 is 1.70 bits per heavy atom. The van der Waals surface area contributed by atoms with Crippen molar-refractivity contribution in [2.24, 2.45) is 0 Å². The maximum Gasteiger partial charge on any atom is 0.516 e. The van der Waals surface area contributed by atoms with Crippen molar-refractivity contribution < 1.29 is 18.8 Å². The van der Waals surface area contributed by atoms with Crippen LogP contribution in [0.1, 0.15) is 27.7 Å². The molecule has 6 nitrogen and oxygen atoms in total. The van der Waals surface area contributed by atoms with Crippen LogP contribution in [0, 0.1) is 0 Å². The summed E-state index contributed by atoms with van der Waals surface area (Å²) >= 11 is 0. The van der Waals surface area contributed by atoms with Crippen molar-refractivity contribution in [2.75, 3.05) is 20.3 Å². The molecular weight excluding hydrogens is 259 g/mol. The molecule has 0 aliphatic carbocycles. The summed E-state index contributed by atoms with van der Waals surface area (Å²) in [5, 5.41) is 0. The van der Waals surface area contributed by atoms with E-state index in [2.05, 4.69) is 9.97 Å². The zero-order chi connectivity index (χ0) is 14.8. The molecule has 1 saturated heterocycles. The first kappa shape index (κ1) is 15.2. The molecule has 0 radical (unpaired) electrons.